The second-order valence-corrected chi connectivity index (χ2v) is 3.84. The molecule has 19 heavy (non-hydrogen) atoms. The zero-order chi connectivity index (χ0) is 13.8. The summed E-state index contributed by atoms with van der Waals surface area (Å²) in [7, 11) is 0. The molecule has 1 aromatic carbocycles. The molecular formula is C13H14FN3O2. The Morgan fingerprint density at radius 1 is 1.26 bits per heavy atom. The smallest absolute Gasteiger partial charge is 0.249 e. The third-order valence-electron chi connectivity index (χ3n) is 2.45. The van der Waals surface area contributed by atoms with Crippen molar-refractivity contribution in [2.45, 2.75) is 13.8 Å². The number of nitrogens with zero attached hydrogens (tertiary/aromatic N) is 2. The Labute approximate surface area is 110 Å². The van der Waals surface area contributed by atoms with Gasteiger partial charge < -0.3 is 15.2 Å². The Morgan fingerprint density at radius 2 is 2.00 bits per heavy atom. The fourth-order valence-corrected chi connectivity index (χ4v) is 1.45. The van der Waals surface area contributed by atoms with Crippen LogP contribution in [0.2, 0.25) is 0 Å². The lowest BCUT2D eigenvalue weighted by Gasteiger charge is -2.10. The van der Waals surface area contributed by atoms with E-state index in [2.05, 4.69) is 9.97 Å². The van der Waals surface area contributed by atoms with Crippen LogP contribution in [0.4, 0.5) is 10.1 Å². The normalized spacial score (nSPS) is 10.3. The first kappa shape index (κ1) is 13.1. The molecule has 1 aromatic heterocycles. The fourth-order valence-electron chi connectivity index (χ4n) is 1.45. The highest BCUT2D eigenvalue weighted by atomic mass is 19.1. The molecule has 100 valence electrons. The minimum absolute atomic E-state index is 0.140. The molecule has 0 radical (unpaired) electrons. The molecule has 0 saturated heterocycles. The van der Waals surface area contributed by atoms with Crippen LogP contribution >= 0.6 is 0 Å². The van der Waals surface area contributed by atoms with Crippen LogP contribution < -0.4 is 15.2 Å². The first-order chi connectivity index (χ1) is 9.11. The van der Waals surface area contributed by atoms with E-state index in [9.17, 15) is 4.39 Å². The molecule has 2 rings (SSSR count). The molecule has 0 amide bonds. The maximum atomic E-state index is 13.4. The standard InChI is InChI=1S/C13H14FN3O2/c1-3-18-12-11(15)13(17-7-16-12)19-9-5-4-8(2)10(14)6-9/h4-7H,3,15H2,1-2H3. The molecule has 1 heterocycles. The predicted octanol–water partition coefficient (Wildman–Crippen LogP) is 2.70. The number of benzene rings is 1. The van der Waals surface area contributed by atoms with Crippen LogP contribution in [0.3, 0.4) is 0 Å². The summed E-state index contributed by atoms with van der Waals surface area (Å²) < 4.78 is 24.1. The van der Waals surface area contributed by atoms with Crippen LogP contribution in [0.15, 0.2) is 24.5 Å². The van der Waals surface area contributed by atoms with Crippen molar-refractivity contribution in [3.05, 3.63) is 35.9 Å². The van der Waals surface area contributed by atoms with Gasteiger partial charge >= 0.3 is 0 Å². The van der Waals surface area contributed by atoms with Crippen molar-refractivity contribution in [2.75, 3.05) is 12.3 Å². The number of ether oxygens (including phenoxy) is 2. The number of aryl methyl sites for hydroxylation is 1. The van der Waals surface area contributed by atoms with Gasteiger partial charge in [0.2, 0.25) is 11.8 Å². The number of halogens is 1. The Kier molecular flexibility index (Phi) is 3.79. The molecule has 0 atom stereocenters. The van der Waals surface area contributed by atoms with E-state index >= 15 is 0 Å². The third-order valence-corrected chi connectivity index (χ3v) is 2.45. The monoisotopic (exact) mass is 263 g/mol. The second kappa shape index (κ2) is 5.51. The summed E-state index contributed by atoms with van der Waals surface area (Å²) in [5.74, 6) is 0.355. The van der Waals surface area contributed by atoms with Crippen molar-refractivity contribution < 1.29 is 13.9 Å². The van der Waals surface area contributed by atoms with E-state index in [4.69, 9.17) is 15.2 Å². The van der Waals surface area contributed by atoms with Gasteiger partial charge in [0.05, 0.1) is 6.61 Å². The molecular weight excluding hydrogens is 249 g/mol. The maximum absolute atomic E-state index is 13.4. The predicted molar refractivity (Wildman–Crippen MR) is 68.8 cm³/mol. The molecule has 0 aliphatic carbocycles. The van der Waals surface area contributed by atoms with Crippen LogP contribution in [0.1, 0.15) is 12.5 Å². The Hall–Kier alpha value is -2.37. The minimum Gasteiger partial charge on any atom is -0.476 e. The Bertz CT molecular complexity index is 590. The van der Waals surface area contributed by atoms with Gasteiger partial charge in [-0.2, -0.15) is 9.97 Å². The minimum atomic E-state index is -0.352. The summed E-state index contributed by atoms with van der Waals surface area (Å²) in [4.78, 5) is 7.80. The molecule has 6 heteroatoms. The molecule has 0 fully saturated rings. The van der Waals surface area contributed by atoms with Crippen molar-refractivity contribution in [1.82, 2.24) is 9.97 Å². The number of hydrogen-bond acceptors (Lipinski definition) is 5. The zero-order valence-corrected chi connectivity index (χ0v) is 10.7. The average molecular weight is 263 g/mol. The van der Waals surface area contributed by atoms with Gasteiger partial charge in [0.1, 0.15) is 17.9 Å². The molecule has 0 unspecified atom stereocenters. The van der Waals surface area contributed by atoms with Gasteiger partial charge in [-0.15, -0.1) is 0 Å². The second-order valence-electron chi connectivity index (χ2n) is 3.84. The molecule has 0 aliphatic heterocycles. The molecule has 0 bridgehead atoms. The number of nitrogen functional groups attached to an aromatic ring is 1. The molecule has 0 spiro atoms. The summed E-state index contributed by atoms with van der Waals surface area (Å²) in [5, 5.41) is 0. The quantitative estimate of drug-likeness (QED) is 0.918. The number of anilines is 1. The van der Waals surface area contributed by atoms with Gasteiger partial charge in [0, 0.05) is 6.07 Å². The molecule has 2 N–H and O–H groups in total. The summed E-state index contributed by atoms with van der Waals surface area (Å²) in [6.07, 6.45) is 1.28. The first-order valence-electron chi connectivity index (χ1n) is 5.79. The van der Waals surface area contributed by atoms with E-state index in [0.717, 1.165) is 0 Å². The molecule has 0 saturated carbocycles. The lowest BCUT2D eigenvalue weighted by molar-refractivity contribution is 0.325. The van der Waals surface area contributed by atoms with E-state index in [1.165, 1.54) is 12.4 Å². The first-order valence-corrected chi connectivity index (χ1v) is 5.79. The van der Waals surface area contributed by atoms with Crippen LogP contribution in [-0.4, -0.2) is 16.6 Å². The van der Waals surface area contributed by atoms with Crippen LogP contribution in [0.25, 0.3) is 0 Å². The van der Waals surface area contributed by atoms with E-state index in [1.807, 2.05) is 6.92 Å². The lowest BCUT2D eigenvalue weighted by atomic mass is 10.2. The van der Waals surface area contributed by atoms with E-state index < -0.39 is 0 Å². The summed E-state index contributed by atoms with van der Waals surface area (Å²) >= 11 is 0. The highest BCUT2D eigenvalue weighted by Crippen LogP contribution is 2.30. The highest BCUT2D eigenvalue weighted by molar-refractivity contribution is 5.56. The lowest BCUT2D eigenvalue weighted by Crippen LogP contribution is -2.03. The van der Waals surface area contributed by atoms with E-state index in [0.29, 0.717) is 17.9 Å². The van der Waals surface area contributed by atoms with E-state index in [-0.39, 0.29) is 23.3 Å². The summed E-state index contributed by atoms with van der Waals surface area (Å²) in [5.41, 5.74) is 6.54. The van der Waals surface area contributed by atoms with Gasteiger partial charge in [-0.3, -0.25) is 0 Å². The molecule has 0 aliphatic rings. The van der Waals surface area contributed by atoms with Crippen molar-refractivity contribution in [2.24, 2.45) is 0 Å². The van der Waals surface area contributed by atoms with Gasteiger partial charge in [0.25, 0.3) is 0 Å². The van der Waals surface area contributed by atoms with Gasteiger partial charge in [-0.1, -0.05) is 6.07 Å². The maximum Gasteiger partial charge on any atom is 0.249 e. The topological polar surface area (TPSA) is 70.3 Å². The fraction of sp³-hybridized carbons (Fsp3) is 0.231. The Balaban J connectivity index is 2.27. The number of rotatable bonds is 4. The van der Waals surface area contributed by atoms with Crippen LogP contribution in [-0.2, 0) is 0 Å². The van der Waals surface area contributed by atoms with Crippen LogP contribution in [0.5, 0.6) is 17.5 Å². The summed E-state index contributed by atoms with van der Waals surface area (Å²) in [6.45, 7) is 3.92. The van der Waals surface area contributed by atoms with Crippen molar-refractivity contribution in [3.8, 4) is 17.5 Å². The number of hydrogen-bond donors (Lipinski definition) is 1. The van der Waals surface area contributed by atoms with Crippen molar-refractivity contribution >= 4 is 5.69 Å². The van der Waals surface area contributed by atoms with Gasteiger partial charge in [-0.25, -0.2) is 4.39 Å². The largest absolute Gasteiger partial charge is 0.476 e. The average Bonchev–Trinajstić information content (AvgIpc) is 2.39. The van der Waals surface area contributed by atoms with Crippen molar-refractivity contribution in [1.29, 1.82) is 0 Å². The third kappa shape index (κ3) is 2.90. The zero-order valence-electron chi connectivity index (χ0n) is 10.7. The number of aromatic nitrogens is 2. The molecule has 2 aromatic rings. The Morgan fingerprint density at radius 3 is 2.68 bits per heavy atom. The van der Waals surface area contributed by atoms with Gasteiger partial charge in [0.15, 0.2) is 5.69 Å². The van der Waals surface area contributed by atoms with Crippen LogP contribution in [0, 0.1) is 12.7 Å². The van der Waals surface area contributed by atoms with Gasteiger partial charge in [-0.05, 0) is 25.5 Å². The summed E-state index contributed by atoms with van der Waals surface area (Å²) in [6, 6.07) is 4.53. The number of nitrogens with two attached hydrogens (primary N) is 1. The SMILES string of the molecule is CCOc1ncnc(Oc2ccc(C)c(F)c2)c1N. The van der Waals surface area contributed by atoms with Crippen molar-refractivity contribution in [3.63, 3.8) is 0 Å². The van der Waals surface area contributed by atoms with E-state index in [1.54, 1.807) is 19.1 Å². The highest BCUT2D eigenvalue weighted by Gasteiger charge is 2.11. The molecule has 5 nitrogen and oxygen atoms in total.